The lowest BCUT2D eigenvalue weighted by molar-refractivity contribution is -0.0917. The van der Waals surface area contributed by atoms with Gasteiger partial charge in [0.2, 0.25) is 0 Å². The SMILES string of the molecule is CCN1CCCC1CN1C(N)N(c2ccc(Oc3ccccc3)cc2)C(N)N(C2CCCCCC2)C1N. The highest BCUT2D eigenvalue weighted by atomic mass is 16.5. The van der Waals surface area contributed by atoms with E-state index in [1.54, 1.807) is 0 Å². The molecule has 5 rings (SSSR count). The van der Waals surface area contributed by atoms with E-state index >= 15 is 0 Å². The molecule has 8 heteroatoms. The van der Waals surface area contributed by atoms with Gasteiger partial charge >= 0.3 is 0 Å². The van der Waals surface area contributed by atoms with Crippen molar-refractivity contribution in [1.29, 1.82) is 0 Å². The van der Waals surface area contributed by atoms with Crippen LogP contribution in [0.25, 0.3) is 0 Å². The zero-order valence-electron chi connectivity index (χ0n) is 22.3. The smallest absolute Gasteiger partial charge is 0.139 e. The van der Waals surface area contributed by atoms with Crippen molar-refractivity contribution in [1.82, 2.24) is 14.7 Å². The van der Waals surface area contributed by atoms with Crippen LogP contribution >= 0.6 is 0 Å². The van der Waals surface area contributed by atoms with Crippen molar-refractivity contribution >= 4 is 5.69 Å². The van der Waals surface area contributed by atoms with E-state index < -0.39 is 12.6 Å². The number of para-hydroxylation sites is 1. The van der Waals surface area contributed by atoms with Crippen LogP contribution < -0.4 is 26.8 Å². The van der Waals surface area contributed by atoms with Crippen molar-refractivity contribution in [2.75, 3.05) is 24.5 Å². The van der Waals surface area contributed by atoms with Gasteiger partial charge in [-0.15, -0.1) is 0 Å². The fraction of sp³-hybridized carbons (Fsp3) is 0.586. The number of hydrogen-bond donors (Lipinski definition) is 3. The molecule has 37 heavy (non-hydrogen) atoms. The summed E-state index contributed by atoms with van der Waals surface area (Å²) in [6.45, 7) is 5.30. The zero-order valence-corrected chi connectivity index (χ0v) is 22.3. The average Bonchev–Trinajstić information content (AvgIpc) is 3.20. The van der Waals surface area contributed by atoms with Crippen molar-refractivity contribution in [3.8, 4) is 11.5 Å². The highest BCUT2D eigenvalue weighted by Crippen LogP contribution is 2.34. The Balaban J connectivity index is 1.41. The Morgan fingerprint density at radius 3 is 2.11 bits per heavy atom. The summed E-state index contributed by atoms with van der Waals surface area (Å²) in [6.07, 6.45) is 8.61. The third kappa shape index (κ3) is 5.79. The maximum Gasteiger partial charge on any atom is 0.139 e. The Labute approximate surface area is 222 Å². The van der Waals surface area contributed by atoms with Gasteiger partial charge in [0.25, 0.3) is 0 Å². The van der Waals surface area contributed by atoms with E-state index in [9.17, 15) is 0 Å². The largest absolute Gasteiger partial charge is 0.457 e. The van der Waals surface area contributed by atoms with Crippen LogP contribution in [0.15, 0.2) is 54.6 Å². The molecule has 4 atom stereocenters. The first kappa shape index (κ1) is 26.4. The van der Waals surface area contributed by atoms with Gasteiger partial charge in [-0.25, -0.2) is 9.80 Å². The van der Waals surface area contributed by atoms with Gasteiger partial charge in [0, 0.05) is 24.3 Å². The fourth-order valence-electron chi connectivity index (χ4n) is 6.53. The Bertz CT molecular complexity index is 966. The summed E-state index contributed by atoms with van der Waals surface area (Å²) in [5.74, 6) is 1.60. The molecule has 2 heterocycles. The first-order valence-electron chi connectivity index (χ1n) is 14.2. The van der Waals surface area contributed by atoms with E-state index in [1.807, 2.05) is 42.5 Å². The van der Waals surface area contributed by atoms with E-state index in [0.717, 1.165) is 49.7 Å². The predicted octanol–water partition coefficient (Wildman–Crippen LogP) is 3.84. The molecular weight excluding hydrogens is 462 g/mol. The predicted molar refractivity (Wildman–Crippen MR) is 150 cm³/mol. The number of nitrogens with two attached hydrogens (primary N) is 3. The molecule has 0 radical (unpaired) electrons. The molecule has 0 amide bonds. The second-order valence-corrected chi connectivity index (χ2v) is 10.8. The third-order valence-corrected chi connectivity index (χ3v) is 8.55. The minimum Gasteiger partial charge on any atom is -0.457 e. The summed E-state index contributed by atoms with van der Waals surface area (Å²) in [7, 11) is 0. The van der Waals surface area contributed by atoms with Gasteiger partial charge < -0.3 is 15.4 Å². The van der Waals surface area contributed by atoms with Gasteiger partial charge in [-0.1, -0.05) is 50.8 Å². The molecule has 2 aromatic rings. The van der Waals surface area contributed by atoms with Crippen LogP contribution in [0.2, 0.25) is 0 Å². The topological polar surface area (TPSA) is 100 Å². The molecule has 1 saturated carbocycles. The number of hydrogen-bond acceptors (Lipinski definition) is 8. The van der Waals surface area contributed by atoms with Crippen LogP contribution in [-0.2, 0) is 0 Å². The van der Waals surface area contributed by atoms with Crippen molar-refractivity contribution < 1.29 is 4.74 Å². The highest BCUT2D eigenvalue weighted by molar-refractivity contribution is 5.51. The average molecular weight is 508 g/mol. The van der Waals surface area contributed by atoms with Gasteiger partial charge in [0.15, 0.2) is 0 Å². The minimum atomic E-state index is -0.410. The summed E-state index contributed by atoms with van der Waals surface area (Å²) in [4.78, 5) is 9.32. The number of likely N-dealkylation sites (N-methyl/N-ethyl adjacent to an activating group) is 1. The van der Waals surface area contributed by atoms with Gasteiger partial charge in [-0.3, -0.25) is 16.4 Å². The van der Waals surface area contributed by atoms with E-state index in [-0.39, 0.29) is 6.29 Å². The Hall–Kier alpha value is -2.20. The summed E-state index contributed by atoms with van der Waals surface area (Å²) >= 11 is 0. The maximum atomic E-state index is 7.03. The molecular formula is C29H45N7O. The molecule has 0 aromatic heterocycles. The molecule has 3 fully saturated rings. The molecule has 3 aliphatic rings. The summed E-state index contributed by atoms with van der Waals surface area (Å²) in [5.41, 5.74) is 22.0. The lowest BCUT2D eigenvalue weighted by Gasteiger charge is -2.57. The first-order chi connectivity index (χ1) is 18.1. The van der Waals surface area contributed by atoms with Crippen LogP contribution in [-0.4, -0.2) is 65.3 Å². The molecule has 2 aromatic carbocycles. The molecule has 202 valence electrons. The van der Waals surface area contributed by atoms with E-state index in [1.165, 1.54) is 38.5 Å². The quantitative estimate of drug-likeness (QED) is 0.486. The van der Waals surface area contributed by atoms with Crippen LogP contribution in [0.5, 0.6) is 11.5 Å². The molecule has 0 spiro atoms. The fourth-order valence-corrected chi connectivity index (χ4v) is 6.53. The van der Waals surface area contributed by atoms with Gasteiger partial charge in [0.05, 0.1) is 0 Å². The summed E-state index contributed by atoms with van der Waals surface area (Å²) < 4.78 is 6.03. The van der Waals surface area contributed by atoms with Gasteiger partial charge in [-0.05, 0) is 75.2 Å². The summed E-state index contributed by atoms with van der Waals surface area (Å²) in [5, 5.41) is 0. The van der Waals surface area contributed by atoms with Crippen molar-refractivity contribution in [3.05, 3.63) is 54.6 Å². The first-order valence-corrected chi connectivity index (χ1v) is 14.2. The van der Waals surface area contributed by atoms with Crippen molar-refractivity contribution in [3.63, 3.8) is 0 Å². The van der Waals surface area contributed by atoms with Gasteiger partial charge in [0.1, 0.15) is 30.4 Å². The third-order valence-electron chi connectivity index (χ3n) is 8.55. The van der Waals surface area contributed by atoms with Crippen molar-refractivity contribution in [2.24, 2.45) is 17.2 Å². The van der Waals surface area contributed by atoms with E-state index in [4.69, 9.17) is 21.9 Å². The van der Waals surface area contributed by atoms with Crippen LogP contribution in [0.3, 0.4) is 0 Å². The number of likely N-dealkylation sites (tertiary alicyclic amines) is 1. The number of anilines is 1. The number of benzene rings is 2. The molecule has 8 nitrogen and oxygen atoms in total. The molecule has 1 aliphatic carbocycles. The molecule has 2 saturated heterocycles. The van der Waals surface area contributed by atoms with Crippen LogP contribution in [0, 0.1) is 0 Å². The minimum absolute atomic E-state index is 0.302. The van der Waals surface area contributed by atoms with E-state index in [2.05, 4.69) is 38.7 Å². The van der Waals surface area contributed by atoms with E-state index in [0.29, 0.717) is 12.1 Å². The molecule has 0 bridgehead atoms. The second-order valence-electron chi connectivity index (χ2n) is 10.8. The van der Waals surface area contributed by atoms with Crippen LogP contribution in [0.4, 0.5) is 5.69 Å². The number of ether oxygens (including phenoxy) is 1. The molecule has 4 unspecified atom stereocenters. The number of rotatable bonds is 7. The highest BCUT2D eigenvalue weighted by Gasteiger charge is 2.46. The summed E-state index contributed by atoms with van der Waals surface area (Å²) in [6, 6.07) is 18.8. The lowest BCUT2D eigenvalue weighted by Crippen LogP contribution is -2.80. The Morgan fingerprint density at radius 2 is 1.43 bits per heavy atom. The zero-order chi connectivity index (χ0) is 25.8. The van der Waals surface area contributed by atoms with Crippen LogP contribution in [0.1, 0.15) is 58.3 Å². The van der Waals surface area contributed by atoms with Crippen molar-refractivity contribution in [2.45, 2.75) is 89.2 Å². The molecule has 6 N–H and O–H groups in total. The maximum absolute atomic E-state index is 7.03. The normalized spacial score (nSPS) is 28.9. The monoisotopic (exact) mass is 507 g/mol. The standard InChI is InChI=1S/C29H45N7O/c1-2-33-20-10-13-24(33)21-34-27(30)35(22-11-6-3-4-7-12-22)29(32)36(28(34)31)23-16-18-26(19-17-23)37-25-14-8-5-9-15-25/h5,8-9,14-19,22,24,27-29H,2-4,6-7,10-13,20-21,30-32H2,1H3. The molecule has 2 aliphatic heterocycles. The Morgan fingerprint density at radius 1 is 0.757 bits per heavy atom. The number of nitrogens with zero attached hydrogens (tertiary/aromatic N) is 4. The van der Waals surface area contributed by atoms with Gasteiger partial charge in [-0.2, -0.15) is 0 Å². The Kier molecular flexibility index (Phi) is 8.64. The lowest BCUT2D eigenvalue weighted by atomic mass is 10.1. The second kappa shape index (κ2) is 12.1.